The van der Waals surface area contributed by atoms with E-state index in [0.717, 1.165) is 25.7 Å². The van der Waals surface area contributed by atoms with Crippen molar-refractivity contribution in [2.24, 2.45) is 0 Å². The van der Waals surface area contributed by atoms with E-state index in [1.54, 1.807) is 11.5 Å². The van der Waals surface area contributed by atoms with Gasteiger partial charge in [0.15, 0.2) is 29.3 Å². The van der Waals surface area contributed by atoms with Gasteiger partial charge in [-0.1, -0.05) is 73.5 Å². The fraction of sp³-hybridized carbons (Fsp3) is 0.419. The Kier molecular flexibility index (Phi) is 8.31. The van der Waals surface area contributed by atoms with Crippen LogP contribution in [0.5, 0.6) is 0 Å². The van der Waals surface area contributed by atoms with Gasteiger partial charge in [-0.05, 0) is 30.9 Å². The lowest BCUT2D eigenvalue weighted by molar-refractivity contribution is -0.137. The van der Waals surface area contributed by atoms with Gasteiger partial charge in [-0.25, -0.2) is 4.98 Å². The minimum atomic E-state index is -1.40. The smallest absolute Gasteiger partial charge is 0.252 e. The molecule has 0 spiro atoms. The zero-order valence-corrected chi connectivity index (χ0v) is 23.6. The van der Waals surface area contributed by atoms with Gasteiger partial charge in [-0.2, -0.15) is 9.97 Å². The fourth-order valence-corrected chi connectivity index (χ4v) is 5.92. The van der Waals surface area contributed by atoms with Crippen molar-refractivity contribution in [2.75, 3.05) is 23.7 Å². The molecule has 2 aromatic heterocycles. The molecule has 0 radical (unpaired) electrons. The maximum absolute atomic E-state index is 12.5. The largest absolute Gasteiger partial charge is 0.387 e. The lowest BCUT2D eigenvalue weighted by Crippen LogP contribution is -2.42. The highest BCUT2D eigenvalue weighted by atomic mass is 16.6. The number of rotatable bonds is 10. The molecule has 42 heavy (non-hydrogen) atoms. The maximum Gasteiger partial charge on any atom is 0.252 e. The SMILES string of the molecule is CCNC(=O)[C@@H]1O[C@H](n2cnc3c(NCC(c4ccccc4)c4ccccc4)nc(NC4CCCC4)nc32)[C@@H](O)[C@H]1O. The number of carbonyl (C=O) groups excluding carboxylic acids is 1. The molecule has 6 rings (SSSR count). The Morgan fingerprint density at radius 2 is 1.67 bits per heavy atom. The van der Waals surface area contributed by atoms with Crippen molar-refractivity contribution < 1.29 is 19.7 Å². The summed E-state index contributed by atoms with van der Waals surface area (Å²) in [4.78, 5) is 26.7. The number of aromatic nitrogens is 4. The number of carbonyl (C=O) groups is 1. The van der Waals surface area contributed by atoms with Crippen LogP contribution in [0, 0.1) is 0 Å². The number of nitrogens with zero attached hydrogens (tertiary/aromatic N) is 4. The molecule has 1 aliphatic carbocycles. The molecular formula is C31H37N7O4. The second-order valence-electron chi connectivity index (χ2n) is 10.9. The Hall–Kier alpha value is -4.06. The number of benzene rings is 2. The van der Waals surface area contributed by atoms with Crippen LogP contribution in [0.15, 0.2) is 67.0 Å². The number of nitrogens with one attached hydrogen (secondary N) is 3. The summed E-state index contributed by atoms with van der Waals surface area (Å²) in [6.07, 6.45) is 0.879. The van der Waals surface area contributed by atoms with Crippen LogP contribution >= 0.6 is 0 Å². The minimum absolute atomic E-state index is 0.0544. The molecule has 220 valence electrons. The van der Waals surface area contributed by atoms with E-state index in [2.05, 4.69) is 45.2 Å². The summed E-state index contributed by atoms with van der Waals surface area (Å²) in [5.74, 6) is 0.565. The van der Waals surface area contributed by atoms with Crippen LogP contribution in [0.4, 0.5) is 11.8 Å². The van der Waals surface area contributed by atoms with Gasteiger partial charge in [0.1, 0.15) is 12.2 Å². The lowest BCUT2D eigenvalue weighted by Gasteiger charge is -2.20. The first-order valence-corrected chi connectivity index (χ1v) is 14.7. The first kappa shape index (κ1) is 28.1. The monoisotopic (exact) mass is 571 g/mol. The average molecular weight is 572 g/mol. The summed E-state index contributed by atoms with van der Waals surface area (Å²) >= 11 is 0. The number of aliphatic hydroxyl groups is 2. The summed E-state index contributed by atoms with van der Waals surface area (Å²) in [6, 6.07) is 20.9. The van der Waals surface area contributed by atoms with Gasteiger partial charge in [0.2, 0.25) is 5.95 Å². The molecule has 11 heteroatoms. The van der Waals surface area contributed by atoms with Crippen LogP contribution in [-0.4, -0.2) is 73.1 Å². The molecule has 2 fully saturated rings. The standard InChI is InChI=1S/C31H37N7O4/c1-2-32-29(41)26-24(39)25(40)30(42-26)38-18-34-23-27(36-31(37-28(23)38)35-21-15-9-10-16-21)33-17-22(19-11-5-3-6-12-19)20-13-7-4-8-14-20/h3-8,11-14,18,21-22,24-26,30,39-40H,2,9-10,15-17H2,1H3,(H,32,41)(H2,33,35,36,37)/t24-,25+,26-,30+/m1/s1. The number of hydrogen-bond acceptors (Lipinski definition) is 9. The number of likely N-dealkylation sites (N-methyl/N-ethyl adjacent to an activating group) is 1. The molecule has 0 bridgehead atoms. The number of hydrogen-bond donors (Lipinski definition) is 5. The zero-order chi connectivity index (χ0) is 29.1. The van der Waals surface area contributed by atoms with Gasteiger partial charge < -0.3 is 30.9 Å². The second kappa shape index (κ2) is 12.4. The Bertz CT molecular complexity index is 1450. The molecule has 0 unspecified atom stereocenters. The van der Waals surface area contributed by atoms with Crippen LogP contribution in [0.1, 0.15) is 55.9 Å². The molecular weight excluding hydrogens is 534 g/mol. The Balaban J connectivity index is 1.35. The maximum atomic E-state index is 12.5. The van der Waals surface area contributed by atoms with Gasteiger partial charge in [0.25, 0.3) is 5.91 Å². The summed E-state index contributed by atoms with van der Waals surface area (Å²) in [5.41, 5.74) is 3.27. The summed E-state index contributed by atoms with van der Waals surface area (Å²) < 4.78 is 7.46. The van der Waals surface area contributed by atoms with E-state index >= 15 is 0 Å². The Morgan fingerprint density at radius 1 is 1.00 bits per heavy atom. The van der Waals surface area contributed by atoms with Gasteiger partial charge in [-0.3, -0.25) is 9.36 Å². The molecule has 2 aliphatic rings. The molecule has 11 nitrogen and oxygen atoms in total. The van der Waals surface area contributed by atoms with E-state index < -0.39 is 30.4 Å². The Morgan fingerprint density at radius 3 is 2.31 bits per heavy atom. The summed E-state index contributed by atoms with van der Waals surface area (Å²) in [7, 11) is 0. The van der Waals surface area contributed by atoms with Crippen molar-refractivity contribution in [3.8, 4) is 0 Å². The number of fused-ring (bicyclic) bond motifs is 1. The van der Waals surface area contributed by atoms with Crippen molar-refractivity contribution in [3.05, 3.63) is 78.1 Å². The summed E-state index contributed by atoms with van der Waals surface area (Å²) in [5, 5.41) is 31.2. The topological polar surface area (TPSA) is 146 Å². The first-order chi connectivity index (χ1) is 20.5. The molecule has 1 saturated heterocycles. The van der Waals surface area contributed by atoms with E-state index in [1.165, 1.54) is 17.5 Å². The van der Waals surface area contributed by atoms with E-state index in [0.29, 0.717) is 36.0 Å². The third-order valence-electron chi connectivity index (χ3n) is 8.11. The third kappa shape index (κ3) is 5.67. The average Bonchev–Trinajstić information content (AvgIpc) is 3.75. The number of imidazole rings is 1. The lowest BCUT2D eigenvalue weighted by atomic mass is 9.91. The van der Waals surface area contributed by atoms with Gasteiger partial charge in [0, 0.05) is 25.0 Å². The van der Waals surface area contributed by atoms with Crippen LogP contribution in [-0.2, 0) is 9.53 Å². The summed E-state index contributed by atoms with van der Waals surface area (Å²) in [6.45, 7) is 2.71. The van der Waals surface area contributed by atoms with Crippen LogP contribution < -0.4 is 16.0 Å². The van der Waals surface area contributed by atoms with Crippen molar-refractivity contribution >= 4 is 28.8 Å². The van der Waals surface area contributed by atoms with E-state index in [1.807, 2.05) is 36.4 Å². The van der Waals surface area contributed by atoms with Gasteiger partial charge in [0.05, 0.1) is 6.33 Å². The minimum Gasteiger partial charge on any atom is -0.387 e. The molecule has 1 saturated carbocycles. The second-order valence-corrected chi connectivity index (χ2v) is 10.9. The fourth-order valence-electron chi connectivity index (χ4n) is 5.92. The highest BCUT2D eigenvalue weighted by Gasteiger charge is 2.47. The van der Waals surface area contributed by atoms with Crippen LogP contribution in [0.25, 0.3) is 11.2 Å². The molecule has 3 heterocycles. The van der Waals surface area contributed by atoms with E-state index in [9.17, 15) is 15.0 Å². The number of aliphatic hydroxyl groups excluding tert-OH is 2. The van der Waals surface area contributed by atoms with Crippen molar-refractivity contribution in [3.63, 3.8) is 0 Å². The Labute approximate surface area is 244 Å². The third-order valence-corrected chi connectivity index (χ3v) is 8.11. The predicted octanol–water partition coefficient (Wildman–Crippen LogP) is 3.18. The van der Waals surface area contributed by atoms with Crippen molar-refractivity contribution in [1.82, 2.24) is 24.8 Å². The molecule has 4 atom stereocenters. The molecule has 2 aromatic carbocycles. The number of ether oxygens (including phenoxy) is 1. The first-order valence-electron chi connectivity index (χ1n) is 14.7. The number of anilines is 2. The van der Waals surface area contributed by atoms with Crippen LogP contribution in [0.2, 0.25) is 0 Å². The molecule has 1 amide bonds. The van der Waals surface area contributed by atoms with Crippen LogP contribution in [0.3, 0.4) is 0 Å². The highest BCUT2D eigenvalue weighted by molar-refractivity contribution is 5.85. The zero-order valence-electron chi connectivity index (χ0n) is 23.6. The van der Waals surface area contributed by atoms with Crippen molar-refractivity contribution in [1.29, 1.82) is 0 Å². The highest BCUT2D eigenvalue weighted by Crippen LogP contribution is 2.34. The van der Waals surface area contributed by atoms with Gasteiger partial charge in [-0.15, -0.1) is 0 Å². The molecule has 5 N–H and O–H groups in total. The molecule has 4 aromatic rings. The van der Waals surface area contributed by atoms with E-state index in [4.69, 9.17) is 14.7 Å². The van der Waals surface area contributed by atoms with E-state index in [-0.39, 0.29) is 12.0 Å². The number of amides is 1. The normalized spacial score (nSPS) is 22.6. The quantitative estimate of drug-likeness (QED) is 0.194. The molecule has 1 aliphatic heterocycles. The van der Waals surface area contributed by atoms with Gasteiger partial charge >= 0.3 is 0 Å². The van der Waals surface area contributed by atoms with Crippen molar-refractivity contribution in [2.45, 2.75) is 69.1 Å². The predicted molar refractivity (Wildman–Crippen MR) is 159 cm³/mol.